The molecule has 1 rings (SSSR count). The molecule has 0 aliphatic rings. The van der Waals surface area contributed by atoms with Crippen LogP contribution in [0.1, 0.15) is 48.2 Å². The molecule has 4 nitrogen and oxygen atoms in total. The average Bonchev–Trinajstić information content (AvgIpc) is 2.72. The molecule has 0 radical (unpaired) electrons. The summed E-state index contributed by atoms with van der Waals surface area (Å²) in [5.74, 6) is 0.167. The molecular weight excluding hydrogens is 318 g/mol. The van der Waals surface area contributed by atoms with Crippen LogP contribution in [0.25, 0.3) is 0 Å². The van der Waals surface area contributed by atoms with Crippen molar-refractivity contribution in [3.63, 3.8) is 0 Å². The van der Waals surface area contributed by atoms with Gasteiger partial charge in [-0.05, 0) is 25.8 Å². The first kappa shape index (κ1) is 17.5. The van der Waals surface area contributed by atoms with Crippen molar-refractivity contribution in [2.75, 3.05) is 0 Å². The van der Waals surface area contributed by atoms with Crippen LogP contribution in [-0.2, 0) is 9.05 Å². The molecular formula is C13H20ClNO3S2. The van der Waals surface area contributed by atoms with Crippen LogP contribution in [0.5, 0.6) is 0 Å². The van der Waals surface area contributed by atoms with Gasteiger partial charge in [-0.2, -0.15) is 0 Å². The molecule has 1 atom stereocenters. The molecule has 0 aliphatic carbocycles. The van der Waals surface area contributed by atoms with Crippen LogP contribution in [0.2, 0.25) is 0 Å². The average molecular weight is 338 g/mol. The van der Waals surface area contributed by atoms with Gasteiger partial charge in [-0.15, -0.1) is 11.3 Å². The summed E-state index contributed by atoms with van der Waals surface area (Å²) in [6, 6.07) is 1.40. The topological polar surface area (TPSA) is 63.2 Å². The van der Waals surface area contributed by atoms with Gasteiger partial charge in [0.2, 0.25) is 0 Å². The van der Waals surface area contributed by atoms with E-state index in [2.05, 4.69) is 19.2 Å². The monoisotopic (exact) mass is 337 g/mol. The number of hydrogen-bond donors (Lipinski definition) is 1. The number of nitrogens with one attached hydrogen (secondary N) is 1. The Morgan fingerprint density at radius 2 is 1.95 bits per heavy atom. The number of halogens is 1. The third kappa shape index (κ3) is 4.20. The Balaban J connectivity index is 2.89. The van der Waals surface area contributed by atoms with Crippen LogP contribution in [0.4, 0.5) is 0 Å². The number of carbonyl (C=O) groups excluding carboxylic acids is 1. The van der Waals surface area contributed by atoms with Gasteiger partial charge >= 0.3 is 0 Å². The Bertz CT molecular complexity index is 576. The summed E-state index contributed by atoms with van der Waals surface area (Å²) in [6.07, 6.45) is 1.98. The van der Waals surface area contributed by atoms with Crippen molar-refractivity contribution >= 4 is 37.0 Å². The number of thiophene rings is 1. The van der Waals surface area contributed by atoms with E-state index in [-0.39, 0.29) is 16.8 Å². The summed E-state index contributed by atoms with van der Waals surface area (Å²) in [4.78, 5) is 13.1. The molecule has 1 aromatic heterocycles. The number of amides is 1. The molecule has 1 amide bonds. The summed E-state index contributed by atoms with van der Waals surface area (Å²) >= 11 is 1.14. The normalized spacial score (nSPS) is 13.5. The molecule has 7 heteroatoms. The lowest BCUT2D eigenvalue weighted by Crippen LogP contribution is -2.37. The smallest absolute Gasteiger partial charge is 0.262 e. The summed E-state index contributed by atoms with van der Waals surface area (Å²) in [6.45, 7) is 7.78. The lowest BCUT2D eigenvalue weighted by molar-refractivity contribution is 0.0929. The quantitative estimate of drug-likeness (QED) is 0.807. The molecule has 0 fully saturated rings. The molecule has 1 aromatic rings. The van der Waals surface area contributed by atoms with Crippen LogP contribution in [0, 0.1) is 12.8 Å². The summed E-state index contributed by atoms with van der Waals surface area (Å²) < 4.78 is 22.7. The lowest BCUT2D eigenvalue weighted by atomic mass is 9.95. The third-order valence-corrected chi connectivity index (χ3v) is 6.10. The van der Waals surface area contributed by atoms with Crippen LogP contribution in [0.15, 0.2) is 11.0 Å². The van der Waals surface area contributed by atoms with Crippen molar-refractivity contribution < 1.29 is 13.2 Å². The van der Waals surface area contributed by atoms with Crippen molar-refractivity contribution in [2.24, 2.45) is 5.92 Å². The minimum Gasteiger partial charge on any atom is -0.349 e. The van der Waals surface area contributed by atoms with Gasteiger partial charge in [-0.1, -0.05) is 26.7 Å². The van der Waals surface area contributed by atoms with E-state index < -0.39 is 9.05 Å². The molecule has 1 heterocycles. The maximum absolute atomic E-state index is 12.1. The Morgan fingerprint density at radius 1 is 1.40 bits per heavy atom. The zero-order chi connectivity index (χ0) is 15.5. The van der Waals surface area contributed by atoms with E-state index in [1.165, 1.54) is 6.07 Å². The molecule has 0 bridgehead atoms. The molecule has 0 aliphatic heterocycles. The van der Waals surface area contributed by atoms with Crippen LogP contribution in [-0.4, -0.2) is 20.4 Å². The second kappa shape index (κ2) is 6.91. The zero-order valence-corrected chi connectivity index (χ0v) is 14.5. The zero-order valence-electron chi connectivity index (χ0n) is 12.1. The van der Waals surface area contributed by atoms with Crippen molar-refractivity contribution in [1.29, 1.82) is 0 Å². The van der Waals surface area contributed by atoms with Gasteiger partial charge in [0.15, 0.2) is 0 Å². The minimum atomic E-state index is -3.80. The second-order valence-corrected chi connectivity index (χ2v) is 8.60. The van der Waals surface area contributed by atoms with E-state index in [1.807, 2.05) is 6.92 Å². The highest BCUT2D eigenvalue weighted by atomic mass is 35.7. The summed E-state index contributed by atoms with van der Waals surface area (Å²) in [5.41, 5.74) is 0. The van der Waals surface area contributed by atoms with Gasteiger partial charge in [-0.25, -0.2) is 8.42 Å². The maximum atomic E-state index is 12.1. The Kier molecular flexibility index (Phi) is 6.04. The van der Waals surface area contributed by atoms with E-state index in [0.29, 0.717) is 15.7 Å². The molecule has 0 spiro atoms. The van der Waals surface area contributed by atoms with Crippen molar-refractivity contribution in [1.82, 2.24) is 5.32 Å². The number of rotatable bonds is 6. The first-order valence-electron chi connectivity index (χ1n) is 6.56. The fraction of sp³-hybridized carbons (Fsp3) is 0.615. The Labute approximate surface area is 129 Å². The highest BCUT2D eigenvalue weighted by molar-refractivity contribution is 8.13. The SMILES string of the molecule is CCC(CC)C(C)NC(=O)c1cc(S(=O)(=O)Cl)c(C)s1. The molecule has 0 saturated carbocycles. The number of aryl methyl sites for hydroxylation is 1. The van der Waals surface area contributed by atoms with E-state index in [4.69, 9.17) is 10.7 Å². The van der Waals surface area contributed by atoms with Crippen molar-refractivity contribution in [2.45, 2.75) is 51.5 Å². The predicted molar refractivity (Wildman–Crippen MR) is 83.1 cm³/mol. The Morgan fingerprint density at radius 3 is 2.35 bits per heavy atom. The van der Waals surface area contributed by atoms with Crippen molar-refractivity contribution in [3.8, 4) is 0 Å². The molecule has 0 aromatic carbocycles. The summed E-state index contributed by atoms with van der Waals surface area (Å²) in [7, 11) is 1.53. The van der Waals surface area contributed by atoms with Gasteiger partial charge in [0.05, 0.1) is 9.77 Å². The highest BCUT2D eigenvalue weighted by Crippen LogP contribution is 2.28. The van der Waals surface area contributed by atoms with Gasteiger partial charge in [0.1, 0.15) is 0 Å². The summed E-state index contributed by atoms with van der Waals surface area (Å²) in [5, 5.41) is 2.92. The molecule has 0 saturated heterocycles. The van der Waals surface area contributed by atoms with Gasteiger partial charge in [0, 0.05) is 21.6 Å². The molecule has 20 heavy (non-hydrogen) atoms. The lowest BCUT2D eigenvalue weighted by Gasteiger charge is -2.22. The largest absolute Gasteiger partial charge is 0.349 e. The third-order valence-electron chi connectivity index (χ3n) is 3.47. The van der Waals surface area contributed by atoms with Gasteiger partial charge in [-0.3, -0.25) is 4.79 Å². The fourth-order valence-corrected chi connectivity index (χ4v) is 4.78. The number of hydrogen-bond acceptors (Lipinski definition) is 4. The first-order valence-corrected chi connectivity index (χ1v) is 9.69. The number of carbonyl (C=O) groups is 1. The van der Waals surface area contributed by atoms with Gasteiger partial charge in [0.25, 0.3) is 15.0 Å². The van der Waals surface area contributed by atoms with E-state index in [1.54, 1.807) is 6.92 Å². The van der Waals surface area contributed by atoms with Gasteiger partial charge < -0.3 is 5.32 Å². The van der Waals surface area contributed by atoms with E-state index in [9.17, 15) is 13.2 Å². The molecule has 1 unspecified atom stereocenters. The van der Waals surface area contributed by atoms with Crippen LogP contribution >= 0.6 is 22.0 Å². The maximum Gasteiger partial charge on any atom is 0.262 e. The standard InChI is InChI=1S/C13H20ClNO3S2/c1-5-10(6-2)8(3)15-13(16)11-7-12(9(4)19-11)20(14,17)18/h7-8,10H,5-6H2,1-4H3,(H,15,16). The highest BCUT2D eigenvalue weighted by Gasteiger charge is 2.22. The van der Waals surface area contributed by atoms with E-state index in [0.717, 1.165) is 24.2 Å². The Hall–Kier alpha value is -0.590. The second-order valence-electron chi connectivity index (χ2n) is 4.81. The van der Waals surface area contributed by atoms with E-state index >= 15 is 0 Å². The van der Waals surface area contributed by atoms with Crippen molar-refractivity contribution in [3.05, 3.63) is 15.8 Å². The minimum absolute atomic E-state index is 0.0181. The van der Waals surface area contributed by atoms with Crippen LogP contribution < -0.4 is 5.32 Å². The first-order chi connectivity index (χ1) is 9.20. The fourth-order valence-electron chi connectivity index (χ4n) is 2.21. The molecule has 1 N–H and O–H groups in total. The van der Waals surface area contributed by atoms with Crippen LogP contribution in [0.3, 0.4) is 0 Å². The molecule has 114 valence electrons. The predicted octanol–water partition coefficient (Wildman–Crippen LogP) is 3.54.